The number of para-hydroxylation sites is 1. The highest BCUT2D eigenvalue weighted by Crippen LogP contribution is 2.27. The minimum atomic E-state index is -0.277. The van der Waals surface area contributed by atoms with Crippen LogP contribution < -0.4 is 9.80 Å². The molecule has 2 aromatic rings. The van der Waals surface area contributed by atoms with Crippen molar-refractivity contribution in [2.24, 2.45) is 0 Å². The third kappa shape index (κ3) is 4.01. The summed E-state index contributed by atoms with van der Waals surface area (Å²) in [6, 6.07) is 8.01. The van der Waals surface area contributed by atoms with Crippen molar-refractivity contribution in [2.75, 3.05) is 49.1 Å². The quantitative estimate of drug-likeness (QED) is 0.794. The van der Waals surface area contributed by atoms with E-state index in [0.717, 1.165) is 18.5 Å². The van der Waals surface area contributed by atoms with Gasteiger partial charge in [-0.15, -0.1) is 0 Å². The van der Waals surface area contributed by atoms with Crippen LogP contribution in [0.15, 0.2) is 36.7 Å². The molecule has 1 fully saturated rings. The van der Waals surface area contributed by atoms with Crippen LogP contribution in [0.1, 0.15) is 29.4 Å². The Bertz CT molecular complexity index is 878. The average Bonchev–Trinajstić information content (AvgIpc) is 2.78. The molecule has 0 aliphatic carbocycles. The first-order valence-electron chi connectivity index (χ1n) is 10.1. The predicted octanol–water partition coefficient (Wildman–Crippen LogP) is 2.35. The molecule has 3 heterocycles. The van der Waals surface area contributed by atoms with Crippen molar-refractivity contribution < 1.29 is 14.3 Å². The van der Waals surface area contributed by atoms with Gasteiger partial charge in [0, 0.05) is 38.4 Å². The van der Waals surface area contributed by atoms with Crippen molar-refractivity contribution in [3.05, 3.63) is 47.9 Å². The maximum Gasteiger partial charge on any atom is 0.409 e. The number of benzene rings is 1. The molecule has 2 aliphatic heterocycles. The summed E-state index contributed by atoms with van der Waals surface area (Å²) in [5.41, 5.74) is 2.50. The highest BCUT2D eigenvalue weighted by molar-refractivity contribution is 6.05. The first-order valence-corrected chi connectivity index (χ1v) is 10.1. The van der Waals surface area contributed by atoms with E-state index in [9.17, 15) is 9.59 Å². The number of rotatable bonds is 3. The highest BCUT2D eigenvalue weighted by Gasteiger charge is 2.26. The van der Waals surface area contributed by atoms with Gasteiger partial charge in [0.2, 0.25) is 0 Å². The molecule has 8 nitrogen and oxygen atoms in total. The number of aromatic nitrogens is 2. The first-order chi connectivity index (χ1) is 14.2. The Morgan fingerprint density at radius 1 is 1.03 bits per heavy atom. The van der Waals surface area contributed by atoms with E-state index >= 15 is 0 Å². The fourth-order valence-corrected chi connectivity index (χ4v) is 3.81. The number of piperazine rings is 1. The lowest BCUT2D eigenvalue weighted by molar-refractivity contribution is 0.0978. The van der Waals surface area contributed by atoms with E-state index in [1.54, 1.807) is 29.1 Å². The van der Waals surface area contributed by atoms with Crippen LogP contribution in [0.3, 0.4) is 0 Å². The second kappa shape index (κ2) is 8.46. The summed E-state index contributed by atoms with van der Waals surface area (Å²) in [6.45, 7) is 5.32. The van der Waals surface area contributed by atoms with Crippen molar-refractivity contribution in [1.82, 2.24) is 14.9 Å². The average molecular weight is 395 g/mol. The number of amides is 2. The number of aryl methyl sites for hydroxylation is 1. The number of anilines is 2. The number of carbonyl (C=O) groups is 2. The molecule has 0 radical (unpaired) electrons. The molecule has 2 amide bonds. The molecule has 8 heteroatoms. The number of ether oxygens (including phenoxy) is 1. The highest BCUT2D eigenvalue weighted by atomic mass is 16.6. The standard InChI is InChI=1S/C21H25N5O3/c1-2-29-21(28)25-12-10-24(11-13-25)19-15-22-17(14-23-19)20(27)26-9-5-7-16-6-3-4-8-18(16)26/h3-4,6,8,14-15H,2,5,7,9-13H2,1H3. The van der Waals surface area contributed by atoms with Gasteiger partial charge in [0.1, 0.15) is 11.5 Å². The zero-order valence-corrected chi connectivity index (χ0v) is 16.6. The Balaban J connectivity index is 1.41. The summed E-state index contributed by atoms with van der Waals surface area (Å²) in [7, 11) is 0. The number of carbonyl (C=O) groups excluding carboxylic acids is 2. The van der Waals surface area contributed by atoms with Gasteiger partial charge in [-0.1, -0.05) is 18.2 Å². The summed E-state index contributed by atoms with van der Waals surface area (Å²) in [5.74, 6) is 0.590. The van der Waals surface area contributed by atoms with Crippen LogP contribution in [0.25, 0.3) is 0 Å². The molecule has 0 spiro atoms. The predicted molar refractivity (Wildman–Crippen MR) is 109 cm³/mol. The SMILES string of the molecule is CCOC(=O)N1CCN(c2cnc(C(=O)N3CCCc4ccccc43)cn2)CC1. The molecule has 1 aromatic heterocycles. The lowest BCUT2D eigenvalue weighted by atomic mass is 10.0. The largest absolute Gasteiger partial charge is 0.450 e. The van der Waals surface area contributed by atoms with Crippen molar-refractivity contribution in [1.29, 1.82) is 0 Å². The van der Waals surface area contributed by atoms with Gasteiger partial charge < -0.3 is 19.4 Å². The number of fused-ring (bicyclic) bond motifs is 1. The van der Waals surface area contributed by atoms with Crippen molar-refractivity contribution in [3.8, 4) is 0 Å². The maximum atomic E-state index is 13.0. The van der Waals surface area contributed by atoms with Crippen LogP contribution >= 0.6 is 0 Å². The van der Waals surface area contributed by atoms with E-state index in [1.807, 2.05) is 18.2 Å². The third-order valence-electron chi connectivity index (χ3n) is 5.34. The topological polar surface area (TPSA) is 78.9 Å². The van der Waals surface area contributed by atoms with Crippen LogP contribution in [-0.4, -0.2) is 66.2 Å². The number of hydrogen-bond acceptors (Lipinski definition) is 6. The van der Waals surface area contributed by atoms with Crippen molar-refractivity contribution in [2.45, 2.75) is 19.8 Å². The summed E-state index contributed by atoms with van der Waals surface area (Å²) in [4.78, 5) is 39.2. The second-order valence-electron chi connectivity index (χ2n) is 7.12. The van der Waals surface area contributed by atoms with Gasteiger partial charge >= 0.3 is 6.09 Å². The maximum absolute atomic E-state index is 13.0. The Labute approximate surface area is 170 Å². The van der Waals surface area contributed by atoms with E-state index in [2.05, 4.69) is 20.9 Å². The summed E-state index contributed by atoms with van der Waals surface area (Å²) < 4.78 is 5.05. The molecule has 0 unspecified atom stereocenters. The third-order valence-corrected chi connectivity index (χ3v) is 5.34. The summed E-state index contributed by atoms with van der Waals surface area (Å²) in [5, 5.41) is 0. The summed E-state index contributed by atoms with van der Waals surface area (Å²) >= 11 is 0. The molecule has 4 rings (SSSR count). The molecule has 1 aromatic carbocycles. The van der Waals surface area contributed by atoms with Crippen molar-refractivity contribution in [3.63, 3.8) is 0 Å². The van der Waals surface area contributed by atoms with Crippen LogP contribution in [0.5, 0.6) is 0 Å². The van der Waals surface area contributed by atoms with E-state index in [0.29, 0.717) is 50.8 Å². The molecule has 152 valence electrons. The molecular formula is C21H25N5O3. The van der Waals surface area contributed by atoms with Gasteiger partial charge in [-0.3, -0.25) is 4.79 Å². The van der Waals surface area contributed by atoms with Gasteiger partial charge in [-0.25, -0.2) is 14.8 Å². The monoisotopic (exact) mass is 395 g/mol. The van der Waals surface area contributed by atoms with Gasteiger partial charge in [-0.2, -0.15) is 0 Å². The second-order valence-corrected chi connectivity index (χ2v) is 7.12. The van der Waals surface area contributed by atoms with Crippen LogP contribution in [0, 0.1) is 0 Å². The molecule has 0 atom stereocenters. The Kier molecular flexibility index (Phi) is 5.59. The minimum absolute atomic E-state index is 0.122. The van der Waals surface area contributed by atoms with E-state index < -0.39 is 0 Å². The van der Waals surface area contributed by atoms with Gasteiger partial charge in [0.05, 0.1) is 19.0 Å². The first kappa shape index (κ1) is 19.2. The van der Waals surface area contributed by atoms with Gasteiger partial charge in [0.15, 0.2) is 0 Å². The number of hydrogen-bond donors (Lipinski definition) is 0. The smallest absolute Gasteiger partial charge is 0.409 e. The van der Waals surface area contributed by atoms with Gasteiger partial charge in [0.25, 0.3) is 5.91 Å². The van der Waals surface area contributed by atoms with E-state index in [-0.39, 0.29) is 12.0 Å². The van der Waals surface area contributed by atoms with Crippen LogP contribution in [0.4, 0.5) is 16.3 Å². The zero-order chi connectivity index (χ0) is 20.2. The van der Waals surface area contributed by atoms with Crippen LogP contribution in [0.2, 0.25) is 0 Å². The van der Waals surface area contributed by atoms with Crippen molar-refractivity contribution >= 4 is 23.5 Å². The Morgan fingerprint density at radius 3 is 2.55 bits per heavy atom. The normalized spacial score (nSPS) is 16.4. The van der Waals surface area contributed by atoms with E-state index in [4.69, 9.17) is 4.74 Å². The minimum Gasteiger partial charge on any atom is -0.450 e. The number of nitrogens with zero attached hydrogens (tertiary/aromatic N) is 5. The summed E-state index contributed by atoms with van der Waals surface area (Å²) in [6.07, 6.45) is 4.85. The Hall–Kier alpha value is -3.16. The molecule has 0 bridgehead atoms. The lowest BCUT2D eigenvalue weighted by Crippen LogP contribution is -2.49. The fourth-order valence-electron chi connectivity index (χ4n) is 3.81. The zero-order valence-electron chi connectivity index (χ0n) is 16.6. The Morgan fingerprint density at radius 2 is 1.83 bits per heavy atom. The van der Waals surface area contributed by atoms with Crippen LogP contribution in [-0.2, 0) is 11.2 Å². The van der Waals surface area contributed by atoms with E-state index in [1.165, 1.54) is 5.56 Å². The molecule has 0 saturated carbocycles. The fraction of sp³-hybridized carbons (Fsp3) is 0.429. The molecule has 29 heavy (non-hydrogen) atoms. The van der Waals surface area contributed by atoms with Gasteiger partial charge in [-0.05, 0) is 31.4 Å². The molecule has 2 aliphatic rings. The molecule has 0 N–H and O–H groups in total. The molecule has 1 saturated heterocycles. The lowest BCUT2D eigenvalue weighted by Gasteiger charge is -2.34. The molecular weight excluding hydrogens is 370 g/mol.